The molecule has 0 spiro atoms. The lowest BCUT2D eigenvalue weighted by Crippen LogP contribution is -2.29. The number of nitrogens with one attached hydrogen (secondary N) is 1. The summed E-state index contributed by atoms with van der Waals surface area (Å²) in [6.07, 6.45) is 2.59. The summed E-state index contributed by atoms with van der Waals surface area (Å²) in [5, 5.41) is 5.54. The van der Waals surface area contributed by atoms with Crippen LogP contribution in [-0.4, -0.2) is 31.6 Å². The zero-order valence-electron chi connectivity index (χ0n) is 10.3. The van der Waals surface area contributed by atoms with Crippen molar-refractivity contribution in [3.63, 3.8) is 0 Å². The molecule has 1 fully saturated rings. The fourth-order valence-electron chi connectivity index (χ4n) is 2.81. The van der Waals surface area contributed by atoms with E-state index in [0.717, 1.165) is 12.5 Å². The quantitative estimate of drug-likeness (QED) is 0.848. The number of thiophene rings is 1. The van der Waals surface area contributed by atoms with Gasteiger partial charge in [0.25, 0.3) is 0 Å². The van der Waals surface area contributed by atoms with Crippen molar-refractivity contribution in [1.29, 1.82) is 0 Å². The van der Waals surface area contributed by atoms with Crippen molar-refractivity contribution in [2.75, 3.05) is 26.7 Å². The molecule has 1 aromatic rings. The van der Waals surface area contributed by atoms with Crippen molar-refractivity contribution in [3.8, 4) is 0 Å². The van der Waals surface area contributed by atoms with E-state index in [9.17, 15) is 0 Å². The van der Waals surface area contributed by atoms with Gasteiger partial charge in [-0.25, -0.2) is 0 Å². The number of nitrogens with zero attached hydrogens (tertiary/aromatic N) is 1. The summed E-state index contributed by atoms with van der Waals surface area (Å²) in [4.78, 5) is 4.21. The molecule has 90 valence electrons. The van der Waals surface area contributed by atoms with Crippen molar-refractivity contribution in [3.05, 3.63) is 22.4 Å². The van der Waals surface area contributed by atoms with Gasteiger partial charge in [-0.3, -0.25) is 4.90 Å². The van der Waals surface area contributed by atoms with Gasteiger partial charge in [-0.05, 0) is 56.9 Å². The fourth-order valence-corrected chi connectivity index (χ4v) is 3.76. The third kappa shape index (κ3) is 2.47. The Morgan fingerprint density at radius 3 is 3.06 bits per heavy atom. The van der Waals surface area contributed by atoms with Crippen molar-refractivity contribution in [2.45, 2.75) is 25.8 Å². The molecule has 0 amide bonds. The van der Waals surface area contributed by atoms with Gasteiger partial charge in [-0.1, -0.05) is 13.0 Å². The molecule has 0 radical (unpaired) electrons. The normalized spacial score (nSPS) is 26.4. The topological polar surface area (TPSA) is 15.3 Å². The standard InChI is InChI=1S/C13H22N2S/c1-3-7-15-8-6-11(10-14-2)13(15)12-5-4-9-16-12/h4-5,9,11,13-14H,3,6-8,10H2,1-2H3. The Morgan fingerprint density at radius 2 is 2.44 bits per heavy atom. The molecule has 0 saturated carbocycles. The summed E-state index contributed by atoms with van der Waals surface area (Å²) in [5.74, 6) is 0.787. The minimum absolute atomic E-state index is 0.660. The third-order valence-electron chi connectivity index (χ3n) is 3.44. The lowest BCUT2D eigenvalue weighted by atomic mass is 9.99. The fraction of sp³-hybridized carbons (Fsp3) is 0.692. The highest BCUT2D eigenvalue weighted by molar-refractivity contribution is 7.10. The van der Waals surface area contributed by atoms with E-state index in [1.165, 1.54) is 25.9 Å². The van der Waals surface area contributed by atoms with E-state index in [1.54, 1.807) is 4.88 Å². The van der Waals surface area contributed by atoms with E-state index in [1.807, 2.05) is 11.3 Å². The summed E-state index contributed by atoms with van der Waals surface area (Å²) >= 11 is 1.91. The first-order valence-corrected chi connectivity index (χ1v) is 7.16. The maximum absolute atomic E-state index is 3.34. The Kier molecular flexibility index (Phi) is 4.38. The van der Waals surface area contributed by atoms with Crippen molar-refractivity contribution in [2.24, 2.45) is 5.92 Å². The lowest BCUT2D eigenvalue weighted by Gasteiger charge is -2.27. The molecule has 3 heteroatoms. The molecule has 1 aliphatic rings. The van der Waals surface area contributed by atoms with E-state index in [4.69, 9.17) is 0 Å². The maximum Gasteiger partial charge on any atom is 0.0482 e. The van der Waals surface area contributed by atoms with Crippen LogP contribution in [0.25, 0.3) is 0 Å². The maximum atomic E-state index is 3.34. The van der Waals surface area contributed by atoms with Crippen LogP contribution in [-0.2, 0) is 0 Å². The largest absolute Gasteiger partial charge is 0.319 e. The van der Waals surface area contributed by atoms with Crippen LogP contribution in [0, 0.1) is 5.92 Å². The number of hydrogen-bond donors (Lipinski definition) is 1. The van der Waals surface area contributed by atoms with E-state index in [0.29, 0.717) is 6.04 Å². The summed E-state index contributed by atoms with van der Waals surface area (Å²) in [7, 11) is 2.06. The van der Waals surface area contributed by atoms with Crippen LogP contribution in [0.2, 0.25) is 0 Å². The molecule has 2 rings (SSSR count). The molecule has 1 saturated heterocycles. The van der Waals surface area contributed by atoms with E-state index in [-0.39, 0.29) is 0 Å². The van der Waals surface area contributed by atoms with Gasteiger partial charge in [0.2, 0.25) is 0 Å². The van der Waals surface area contributed by atoms with Crippen molar-refractivity contribution >= 4 is 11.3 Å². The Hall–Kier alpha value is -0.380. The zero-order valence-corrected chi connectivity index (χ0v) is 11.1. The van der Waals surface area contributed by atoms with Gasteiger partial charge in [-0.2, -0.15) is 0 Å². The average molecular weight is 238 g/mol. The minimum atomic E-state index is 0.660. The second-order valence-corrected chi connectivity index (χ2v) is 5.58. The molecule has 0 aromatic carbocycles. The van der Waals surface area contributed by atoms with Crippen LogP contribution in [0.1, 0.15) is 30.7 Å². The first-order chi connectivity index (χ1) is 7.86. The molecule has 1 N–H and O–H groups in total. The van der Waals surface area contributed by atoms with Gasteiger partial charge in [0.05, 0.1) is 0 Å². The van der Waals surface area contributed by atoms with Crippen LogP contribution >= 0.6 is 11.3 Å². The molecule has 2 atom stereocenters. The Balaban J connectivity index is 2.12. The molecular weight excluding hydrogens is 216 g/mol. The molecule has 0 aliphatic carbocycles. The molecule has 16 heavy (non-hydrogen) atoms. The average Bonchev–Trinajstić information content (AvgIpc) is 2.88. The van der Waals surface area contributed by atoms with Crippen LogP contribution in [0.4, 0.5) is 0 Å². The molecule has 1 aromatic heterocycles. The van der Waals surface area contributed by atoms with E-state index >= 15 is 0 Å². The van der Waals surface area contributed by atoms with Gasteiger partial charge >= 0.3 is 0 Å². The van der Waals surface area contributed by atoms with Crippen LogP contribution < -0.4 is 5.32 Å². The predicted octanol–water partition coefficient (Wildman–Crippen LogP) is 2.74. The van der Waals surface area contributed by atoms with Gasteiger partial charge in [0.1, 0.15) is 0 Å². The smallest absolute Gasteiger partial charge is 0.0482 e. The predicted molar refractivity (Wildman–Crippen MR) is 71.0 cm³/mol. The molecule has 2 heterocycles. The van der Waals surface area contributed by atoms with E-state index in [2.05, 4.69) is 41.7 Å². The highest BCUT2D eigenvalue weighted by Crippen LogP contribution is 2.38. The van der Waals surface area contributed by atoms with E-state index < -0.39 is 0 Å². The molecule has 0 bridgehead atoms. The highest BCUT2D eigenvalue weighted by Gasteiger charge is 2.34. The highest BCUT2D eigenvalue weighted by atomic mass is 32.1. The first kappa shape index (κ1) is 12.1. The molecule has 2 nitrogen and oxygen atoms in total. The monoisotopic (exact) mass is 238 g/mol. The molecular formula is C13H22N2S. The van der Waals surface area contributed by atoms with Crippen LogP contribution in [0.3, 0.4) is 0 Å². The third-order valence-corrected chi connectivity index (χ3v) is 4.38. The van der Waals surface area contributed by atoms with Gasteiger partial charge < -0.3 is 5.32 Å². The second kappa shape index (κ2) is 5.80. The zero-order chi connectivity index (χ0) is 11.4. The molecule has 2 unspecified atom stereocenters. The van der Waals surface area contributed by atoms with Crippen molar-refractivity contribution in [1.82, 2.24) is 10.2 Å². The van der Waals surface area contributed by atoms with Crippen molar-refractivity contribution < 1.29 is 0 Å². The Morgan fingerprint density at radius 1 is 1.56 bits per heavy atom. The Bertz CT molecular complexity index is 283. The summed E-state index contributed by atoms with van der Waals surface area (Å²) in [6, 6.07) is 5.14. The number of rotatable bonds is 5. The summed E-state index contributed by atoms with van der Waals surface area (Å²) in [5.41, 5.74) is 0. The SMILES string of the molecule is CCCN1CCC(CNC)C1c1cccs1. The lowest BCUT2D eigenvalue weighted by molar-refractivity contribution is 0.231. The number of likely N-dealkylation sites (tertiary alicyclic amines) is 1. The Labute approximate surface area is 103 Å². The molecule has 1 aliphatic heterocycles. The van der Waals surface area contributed by atoms with Gasteiger partial charge in [0, 0.05) is 10.9 Å². The van der Waals surface area contributed by atoms with Gasteiger partial charge in [-0.15, -0.1) is 11.3 Å². The van der Waals surface area contributed by atoms with Crippen LogP contribution in [0.15, 0.2) is 17.5 Å². The van der Waals surface area contributed by atoms with Gasteiger partial charge in [0.15, 0.2) is 0 Å². The summed E-state index contributed by atoms with van der Waals surface area (Å²) in [6.45, 7) is 5.92. The van der Waals surface area contributed by atoms with Crippen LogP contribution in [0.5, 0.6) is 0 Å². The summed E-state index contributed by atoms with van der Waals surface area (Å²) < 4.78 is 0. The minimum Gasteiger partial charge on any atom is -0.319 e. The first-order valence-electron chi connectivity index (χ1n) is 6.28. The number of hydrogen-bond acceptors (Lipinski definition) is 3. The second-order valence-electron chi connectivity index (χ2n) is 4.60.